The number of nitrogens with one attached hydrogen (secondary N) is 1. The molecule has 0 bridgehead atoms. The Kier molecular flexibility index (Phi) is 6.30. The number of nitrogens with zero attached hydrogens (tertiary/aromatic N) is 2. The molecular formula is C16H31N3O2. The number of likely N-dealkylation sites (tertiary alicyclic amines) is 2. The molecule has 2 atom stereocenters. The van der Waals surface area contributed by atoms with Gasteiger partial charge in [-0.1, -0.05) is 0 Å². The number of urea groups is 1. The van der Waals surface area contributed by atoms with Gasteiger partial charge >= 0.3 is 6.03 Å². The summed E-state index contributed by atoms with van der Waals surface area (Å²) in [5.41, 5.74) is 0. The van der Waals surface area contributed by atoms with E-state index in [-0.39, 0.29) is 12.1 Å². The van der Waals surface area contributed by atoms with Crippen molar-refractivity contribution in [2.45, 2.75) is 51.7 Å². The van der Waals surface area contributed by atoms with Crippen molar-refractivity contribution in [2.24, 2.45) is 5.92 Å². The van der Waals surface area contributed by atoms with Crippen LogP contribution in [0, 0.1) is 5.92 Å². The lowest BCUT2D eigenvalue weighted by atomic mass is 9.84. The van der Waals surface area contributed by atoms with E-state index in [1.54, 1.807) is 0 Å². The van der Waals surface area contributed by atoms with E-state index in [1.165, 1.54) is 6.42 Å². The van der Waals surface area contributed by atoms with Crippen molar-refractivity contribution in [3.8, 4) is 0 Å². The maximum Gasteiger partial charge on any atom is 0.317 e. The fourth-order valence-electron chi connectivity index (χ4n) is 3.53. The number of ether oxygens (including phenoxy) is 1. The zero-order chi connectivity index (χ0) is 15.2. The Morgan fingerprint density at radius 1 is 1.33 bits per heavy atom. The van der Waals surface area contributed by atoms with E-state index in [0.29, 0.717) is 18.5 Å². The number of fused-ring (bicyclic) bond motifs is 1. The van der Waals surface area contributed by atoms with Crippen LogP contribution >= 0.6 is 0 Å². The molecule has 21 heavy (non-hydrogen) atoms. The van der Waals surface area contributed by atoms with Gasteiger partial charge in [0.1, 0.15) is 0 Å². The lowest BCUT2D eigenvalue weighted by molar-refractivity contribution is 0.0523. The van der Waals surface area contributed by atoms with Crippen molar-refractivity contribution in [2.75, 3.05) is 39.8 Å². The first kappa shape index (κ1) is 16.6. The van der Waals surface area contributed by atoms with Crippen LogP contribution < -0.4 is 5.32 Å². The van der Waals surface area contributed by atoms with E-state index >= 15 is 0 Å². The van der Waals surface area contributed by atoms with Crippen molar-refractivity contribution in [3.05, 3.63) is 0 Å². The van der Waals surface area contributed by atoms with Crippen LogP contribution in [0.4, 0.5) is 4.79 Å². The normalized spacial score (nSPS) is 26.8. The monoisotopic (exact) mass is 297 g/mol. The third kappa shape index (κ3) is 4.85. The van der Waals surface area contributed by atoms with Gasteiger partial charge in [-0.25, -0.2) is 4.79 Å². The van der Waals surface area contributed by atoms with Gasteiger partial charge in [0.05, 0.1) is 6.10 Å². The van der Waals surface area contributed by atoms with Crippen LogP contribution in [0.3, 0.4) is 0 Å². The molecule has 2 saturated heterocycles. The SMILES string of the molecule is CC(C)OCCCNC(=O)N1CCC[C@H]2CN(C)CC[C@@H]21. The highest BCUT2D eigenvalue weighted by atomic mass is 16.5. The molecule has 0 unspecified atom stereocenters. The average Bonchev–Trinajstić information content (AvgIpc) is 2.45. The van der Waals surface area contributed by atoms with Gasteiger partial charge in [0.25, 0.3) is 0 Å². The highest BCUT2D eigenvalue weighted by molar-refractivity contribution is 5.74. The van der Waals surface area contributed by atoms with E-state index in [9.17, 15) is 4.79 Å². The smallest absolute Gasteiger partial charge is 0.317 e. The summed E-state index contributed by atoms with van der Waals surface area (Å²) in [4.78, 5) is 16.9. The molecule has 0 aromatic rings. The van der Waals surface area contributed by atoms with Gasteiger partial charge in [0.15, 0.2) is 0 Å². The quantitative estimate of drug-likeness (QED) is 0.789. The van der Waals surface area contributed by atoms with Gasteiger partial charge in [0.2, 0.25) is 0 Å². The number of piperidine rings is 2. The Bertz CT molecular complexity index is 335. The molecule has 5 nitrogen and oxygen atoms in total. The third-order valence-electron chi connectivity index (χ3n) is 4.58. The lowest BCUT2D eigenvalue weighted by Gasteiger charge is -2.46. The molecule has 1 N–H and O–H groups in total. The Morgan fingerprint density at radius 3 is 2.90 bits per heavy atom. The van der Waals surface area contributed by atoms with E-state index < -0.39 is 0 Å². The first-order chi connectivity index (χ1) is 10.1. The van der Waals surface area contributed by atoms with Gasteiger partial charge in [-0.15, -0.1) is 0 Å². The second-order valence-corrected chi connectivity index (χ2v) is 6.72. The molecule has 0 aromatic carbocycles. The van der Waals surface area contributed by atoms with Gasteiger partial charge in [0, 0.05) is 32.3 Å². The Balaban J connectivity index is 1.73. The third-order valence-corrected chi connectivity index (χ3v) is 4.58. The van der Waals surface area contributed by atoms with Crippen LogP contribution in [0.25, 0.3) is 0 Å². The van der Waals surface area contributed by atoms with E-state index in [1.807, 2.05) is 13.8 Å². The number of carbonyl (C=O) groups is 1. The standard InChI is InChI=1S/C16H31N3O2/c1-13(2)21-11-5-8-17-16(20)19-9-4-6-14-12-18(3)10-7-15(14)19/h13-15H,4-12H2,1-3H3,(H,17,20)/t14-,15-/m0/s1. The van der Waals surface area contributed by atoms with Crippen LogP contribution in [0.5, 0.6) is 0 Å². The number of rotatable bonds is 5. The number of hydrogen-bond donors (Lipinski definition) is 1. The van der Waals surface area contributed by atoms with Gasteiger partial charge in [-0.05, 0) is 59.0 Å². The molecule has 2 heterocycles. The summed E-state index contributed by atoms with van der Waals surface area (Å²) in [5.74, 6) is 0.660. The second-order valence-electron chi connectivity index (χ2n) is 6.72. The lowest BCUT2D eigenvalue weighted by Crippen LogP contribution is -2.57. The molecule has 2 fully saturated rings. The summed E-state index contributed by atoms with van der Waals surface area (Å²) in [6.45, 7) is 8.65. The second kappa shape index (κ2) is 7.99. The van der Waals surface area contributed by atoms with Crippen LogP contribution in [0.15, 0.2) is 0 Å². The molecule has 0 radical (unpaired) electrons. The largest absolute Gasteiger partial charge is 0.379 e. The van der Waals surface area contributed by atoms with Crippen LogP contribution in [-0.4, -0.2) is 67.8 Å². The highest BCUT2D eigenvalue weighted by Gasteiger charge is 2.37. The fourth-order valence-corrected chi connectivity index (χ4v) is 3.53. The van der Waals surface area contributed by atoms with E-state index in [4.69, 9.17) is 4.74 Å². The van der Waals surface area contributed by atoms with Crippen molar-refractivity contribution < 1.29 is 9.53 Å². The van der Waals surface area contributed by atoms with Crippen molar-refractivity contribution in [3.63, 3.8) is 0 Å². The summed E-state index contributed by atoms with van der Waals surface area (Å²) >= 11 is 0. The predicted octanol–water partition coefficient (Wildman–Crippen LogP) is 1.93. The van der Waals surface area contributed by atoms with E-state index in [2.05, 4.69) is 22.2 Å². The van der Waals surface area contributed by atoms with Gasteiger partial charge in [-0.2, -0.15) is 0 Å². The number of hydrogen-bond acceptors (Lipinski definition) is 3. The molecule has 0 spiro atoms. The van der Waals surface area contributed by atoms with Crippen LogP contribution in [0.2, 0.25) is 0 Å². The van der Waals surface area contributed by atoms with Gasteiger partial charge in [-0.3, -0.25) is 0 Å². The molecule has 2 amide bonds. The molecular weight excluding hydrogens is 266 g/mol. The topological polar surface area (TPSA) is 44.8 Å². The predicted molar refractivity (Wildman–Crippen MR) is 84.4 cm³/mol. The summed E-state index contributed by atoms with van der Waals surface area (Å²) in [7, 11) is 2.18. The summed E-state index contributed by atoms with van der Waals surface area (Å²) in [5, 5.41) is 3.06. The maximum absolute atomic E-state index is 12.4. The summed E-state index contributed by atoms with van der Waals surface area (Å²) < 4.78 is 5.50. The fraction of sp³-hybridized carbons (Fsp3) is 0.938. The number of carbonyl (C=O) groups excluding carboxylic acids is 1. The summed E-state index contributed by atoms with van der Waals surface area (Å²) in [6.07, 6.45) is 4.67. The molecule has 122 valence electrons. The summed E-state index contributed by atoms with van der Waals surface area (Å²) in [6, 6.07) is 0.570. The minimum atomic E-state index is 0.124. The van der Waals surface area contributed by atoms with Gasteiger partial charge < -0.3 is 19.9 Å². The van der Waals surface area contributed by atoms with E-state index in [0.717, 1.165) is 45.5 Å². The first-order valence-corrected chi connectivity index (χ1v) is 8.42. The maximum atomic E-state index is 12.4. The van der Waals surface area contributed by atoms with Crippen molar-refractivity contribution in [1.29, 1.82) is 0 Å². The Hall–Kier alpha value is -0.810. The molecule has 2 aliphatic rings. The zero-order valence-electron chi connectivity index (χ0n) is 13.8. The van der Waals surface area contributed by atoms with Crippen molar-refractivity contribution >= 4 is 6.03 Å². The average molecular weight is 297 g/mol. The Morgan fingerprint density at radius 2 is 2.14 bits per heavy atom. The van der Waals surface area contributed by atoms with Crippen molar-refractivity contribution in [1.82, 2.24) is 15.1 Å². The molecule has 0 saturated carbocycles. The zero-order valence-corrected chi connectivity index (χ0v) is 13.8. The van der Waals surface area contributed by atoms with Crippen LogP contribution in [0.1, 0.15) is 39.5 Å². The molecule has 2 rings (SSSR count). The highest BCUT2D eigenvalue weighted by Crippen LogP contribution is 2.29. The Labute approximate surface area is 129 Å². The van der Waals surface area contributed by atoms with Crippen LogP contribution in [-0.2, 0) is 4.74 Å². The number of amides is 2. The minimum Gasteiger partial charge on any atom is -0.379 e. The molecule has 0 aromatic heterocycles. The molecule has 5 heteroatoms. The first-order valence-electron chi connectivity index (χ1n) is 8.42. The molecule has 0 aliphatic carbocycles. The minimum absolute atomic E-state index is 0.124. The molecule has 2 aliphatic heterocycles.